The predicted molar refractivity (Wildman–Crippen MR) is 103 cm³/mol. The van der Waals surface area contributed by atoms with E-state index in [1.165, 1.54) is 10.0 Å². The van der Waals surface area contributed by atoms with Crippen molar-refractivity contribution in [2.24, 2.45) is 11.7 Å². The molecule has 0 radical (unpaired) electrons. The van der Waals surface area contributed by atoms with Crippen molar-refractivity contribution in [2.45, 2.75) is 26.2 Å². The van der Waals surface area contributed by atoms with Crippen molar-refractivity contribution in [2.75, 3.05) is 42.3 Å². The Balaban J connectivity index is -0.0000000512. The van der Waals surface area contributed by atoms with Gasteiger partial charge >= 0.3 is 0 Å². The van der Waals surface area contributed by atoms with Crippen LogP contribution < -0.4 is 16.8 Å². The standard InChI is InChI=1S/C4H14N2Si.C2H7ClSi.2C2H8N2.ClH/c1-6(2)5-7(3)4;3*1-4(2)3;/h5,7H,1-4H3;4H,1-2H3;2*3H2,1-2H3;1H. The van der Waals surface area contributed by atoms with Crippen molar-refractivity contribution in [3.8, 4) is 0 Å². The second kappa shape index (κ2) is 24.8. The molecule has 6 nitrogen and oxygen atoms in total. The third-order valence-electron chi connectivity index (χ3n) is 0.516. The van der Waals surface area contributed by atoms with E-state index in [1.807, 2.05) is 19.1 Å². The van der Waals surface area contributed by atoms with Gasteiger partial charge in [0.15, 0.2) is 0 Å². The van der Waals surface area contributed by atoms with E-state index in [2.05, 4.69) is 31.3 Å². The molecule has 0 aliphatic carbocycles. The van der Waals surface area contributed by atoms with Gasteiger partial charge in [-0.15, -0.1) is 12.4 Å². The molecule has 0 rings (SSSR count). The van der Waals surface area contributed by atoms with E-state index in [1.54, 1.807) is 28.2 Å². The second-order valence-electron chi connectivity index (χ2n) is 5.12. The summed E-state index contributed by atoms with van der Waals surface area (Å²) in [5.74, 6) is 9.89. The van der Waals surface area contributed by atoms with Gasteiger partial charge in [-0.3, -0.25) is 31.8 Å². The summed E-state index contributed by atoms with van der Waals surface area (Å²) in [6, 6.07) is 0. The van der Waals surface area contributed by atoms with Crippen LogP contribution >= 0.6 is 23.5 Å². The molecule has 0 amide bonds. The minimum atomic E-state index is -0.667. The minimum Gasteiger partial charge on any atom is -0.281 e. The number of hydrogen-bond acceptors (Lipinski definition) is 6. The van der Waals surface area contributed by atoms with Gasteiger partial charge in [-0.1, -0.05) is 26.2 Å². The van der Waals surface area contributed by atoms with Crippen LogP contribution in [0, 0.1) is 0 Å². The summed E-state index contributed by atoms with van der Waals surface area (Å²) < 4.78 is 0. The molecule has 5 N–H and O–H groups in total. The van der Waals surface area contributed by atoms with E-state index < -0.39 is 17.1 Å². The maximum atomic E-state index is 5.41. The quantitative estimate of drug-likeness (QED) is 0.285. The van der Waals surface area contributed by atoms with Crippen LogP contribution in [0.3, 0.4) is 0 Å². The van der Waals surface area contributed by atoms with Crippen molar-refractivity contribution in [1.29, 1.82) is 0 Å². The first kappa shape index (κ1) is 32.6. The summed E-state index contributed by atoms with van der Waals surface area (Å²) in [5, 5.41) is 8.29. The summed E-state index contributed by atoms with van der Waals surface area (Å²) in [4.78, 5) is 0. The van der Waals surface area contributed by atoms with Gasteiger partial charge in [0.1, 0.15) is 17.1 Å². The molecule has 0 aliphatic rings. The van der Waals surface area contributed by atoms with Crippen LogP contribution in [0.1, 0.15) is 0 Å². The van der Waals surface area contributed by atoms with Gasteiger partial charge in [-0.05, 0) is 0 Å². The monoisotopic (exact) mass is 368 g/mol. The number of rotatable bonds is 2. The molecule has 0 aromatic carbocycles. The van der Waals surface area contributed by atoms with Crippen LogP contribution in [-0.4, -0.2) is 74.4 Å². The zero-order chi connectivity index (χ0) is 16.6. The van der Waals surface area contributed by atoms with Crippen LogP contribution in [0.5, 0.6) is 0 Å². The molecule has 130 valence electrons. The largest absolute Gasteiger partial charge is 0.281 e. The fourth-order valence-corrected chi connectivity index (χ4v) is 1.55. The third-order valence-corrected chi connectivity index (χ3v) is 1.55. The van der Waals surface area contributed by atoms with E-state index in [-0.39, 0.29) is 12.4 Å². The number of hydrogen-bond donors (Lipinski definition) is 3. The molecular weight excluding hydrogens is 331 g/mol. The Morgan fingerprint density at radius 3 is 0.950 bits per heavy atom. The number of nitrogens with one attached hydrogen (secondary N) is 1. The summed E-state index contributed by atoms with van der Waals surface area (Å²) in [5.41, 5.74) is 0. The zero-order valence-corrected chi connectivity index (χ0v) is 18.8. The lowest BCUT2D eigenvalue weighted by molar-refractivity contribution is 0.370. The van der Waals surface area contributed by atoms with Gasteiger partial charge in [0.2, 0.25) is 0 Å². The molecule has 0 heterocycles. The Hall–Kier alpha value is 0.774. The van der Waals surface area contributed by atoms with E-state index in [0.717, 1.165) is 0 Å². The Bertz CT molecular complexity index is 123. The molecule has 0 saturated heterocycles. The minimum absolute atomic E-state index is 0. The molecule has 20 heavy (non-hydrogen) atoms. The van der Waals surface area contributed by atoms with Gasteiger partial charge in [-0.2, -0.15) is 11.1 Å². The van der Waals surface area contributed by atoms with Gasteiger partial charge < -0.3 is 0 Å². The molecule has 0 aromatic rings. The third kappa shape index (κ3) is 260. The zero-order valence-electron chi connectivity index (χ0n) is 14.9. The van der Waals surface area contributed by atoms with Crippen molar-refractivity contribution in [3.63, 3.8) is 0 Å². The van der Waals surface area contributed by atoms with E-state index in [9.17, 15) is 0 Å². The lowest BCUT2D eigenvalue weighted by Crippen LogP contribution is -2.39. The Morgan fingerprint density at radius 2 is 0.950 bits per heavy atom. The highest BCUT2D eigenvalue weighted by Gasteiger charge is 1.91. The van der Waals surface area contributed by atoms with Crippen LogP contribution in [0.2, 0.25) is 26.2 Å². The first-order valence-corrected chi connectivity index (χ1v) is 13.2. The summed E-state index contributed by atoms with van der Waals surface area (Å²) in [6.07, 6.45) is 0. The van der Waals surface area contributed by atoms with Crippen LogP contribution in [0.4, 0.5) is 0 Å². The lowest BCUT2D eigenvalue weighted by atomic mass is 11.2. The number of nitrogens with two attached hydrogens (primary N) is 2. The van der Waals surface area contributed by atoms with Crippen molar-refractivity contribution in [1.82, 2.24) is 20.1 Å². The molecule has 0 aliphatic heterocycles. The van der Waals surface area contributed by atoms with E-state index in [0.29, 0.717) is 0 Å². The normalized spacial score (nSPS) is 9.30. The second-order valence-corrected chi connectivity index (χ2v) is 12.3. The fourth-order valence-electron chi connectivity index (χ4n) is 0.516. The molecule has 0 bridgehead atoms. The molecule has 0 fully saturated rings. The van der Waals surface area contributed by atoms with E-state index in [4.69, 9.17) is 22.8 Å². The van der Waals surface area contributed by atoms with Crippen molar-refractivity contribution >= 4 is 40.6 Å². The van der Waals surface area contributed by atoms with Gasteiger partial charge in [0, 0.05) is 42.3 Å². The van der Waals surface area contributed by atoms with Crippen LogP contribution in [0.15, 0.2) is 0 Å². The highest BCUT2D eigenvalue weighted by atomic mass is 35.6. The molecular formula is C10H38Cl2N6Si2. The number of hydrazine groups is 3. The summed E-state index contributed by atoms with van der Waals surface area (Å²) in [7, 11) is 9.93. The SMILES string of the molecule is CN(C)N.CN(C)N.CN(C)N[SiH](C)C.C[SiH](C)Cl.Cl. The van der Waals surface area contributed by atoms with Gasteiger partial charge in [-0.25, -0.2) is 0 Å². The molecule has 0 aromatic heterocycles. The first-order valence-electron chi connectivity index (χ1n) is 6.24. The summed E-state index contributed by atoms with van der Waals surface area (Å²) in [6.45, 7) is 8.64. The highest BCUT2D eigenvalue weighted by Crippen LogP contribution is 1.79. The maximum Gasteiger partial charge on any atom is 0.134 e. The molecule has 0 unspecified atom stereocenters. The average molecular weight is 370 g/mol. The Morgan fingerprint density at radius 1 is 0.800 bits per heavy atom. The fraction of sp³-hybridized carbons (Fsp3) is 1.00. The first-order chi connectivity index (χ1) is 8.32. The topological polar surface area (TPSA) is 73.8 Å². The van der Waals surface area contributed by atoms with Crippen molar-refractivity contribution in [3.05, 3.63) is 0 Å². The predicted octanol–water partition coefficient (Wildman–Crippen LogP) is 0.510. The highest BCUT2D eigenvalue weighted by molar-refractivity contribution is 7.05. The smallest absolute Gasteiger partial charge is 0.134 e. The molecule has 0 spiro atoms. The maximum absolute atomic E-state index is 5.41. The van der Waals surface area contributed by atoms with Crippen LogP contribution in [-0.2, 0) is 0 Å². The molecule has 10 heteroatoms. The molecule has 0 atom stereocenters. The van der Waals surface area contributed by atoms with Gasteiger partial charge in [0.25, 0.3) is 0 Å². The Kier molecular flexibility index (Phi) is 40.4. The van der Waals surface area contributed by atoms with Gasteiger partial charge in [0.05, 0.1) is 0 Å². The lowest BCUT2D eigenvalue weighted by Gasteiger charge is -2.13. The Labute approximate surface area is 141 Å². The number of nitrogens with zero attached hydrogens (tertiary/aromatic N) is 3. The average Bonchev–Trinajstić information content (AvgIpc) is 1.95. The molecule has 0 saturated carbocycles. The van der Waals surface area contributed by atoms with E-state index >= 15 is 0 Å². The van der Waals surface area contributed by atoms with Crippen molar-refractivity contribution < 1.29 is 0 Å². The van der Waals surface area contributed by atoms with Crippen LogP contribution in [0.25, 0.3) is 0 Å². The number of halogens is 2. The summed E-state index contributed by atoms with van der Waals surface area (Å²) >= 11 is 5.41.